The Hall–Kier alpha value is -2.03. The molecule has 3 saturated heterocycles. The minimum Gasteiger partial charge on any atom is -0.392 e. The molecule has 0 aromatic carbocycles. The molecular formula is C20H29N5O3. The molecule has 4 heterocycles. The number of aliphatic hydroxyl groups is 1. The number of nitrogens with zero attached hydrogens (tertiary/aromatic N) is 4. The lowest BCUT2D eigenvalue weighted by atomic mass is 9.83. The summed E-state index contributed by atoms with van der Waals surface area (Å²) in [7, 11) is 0. The highest BCUT2D eigenvalue weighted by molar-refractivity contribution is 5.78. The van der Waals surface area contributed by atoms with Gasteiger partial charge in [0.15, 0.2) is 0 Å². The van der Waals surface area contributed by atoms with E-state index in [4.69, 9.17) is 0 Å². The maximum absolute atomic E-state index is 12.7. The van der Waals surface area contributed by atoms with Crippen molar-refractivity contribution >= 4 is 11.8 Å². The molecule has 3 aliphatic heterocycles. The summed E-state index contributed by atoms with van der Waals surface area (Å²) < 4.78 is 0. The van der Waals surface area contributed by atoms with Crippen molar-refractivity contribution in [2.24, 2.45) is 0 Å². The van der Waals surface area contributed by atoms with E-state index >= 15 is 0 Å². The van der Waals surface area contributed by atoms with Crippen LogP contribution in [-0.2, 0) is 16.1 Å². The number of hydrogen-bond acceptors (Lipinski definition) is 6. The van der Waals surface area contributed by atoms with Crippen molar-refractivity contribution in [3.63, 3.8) is 0 Å². The van der Waals surface area contributed by atoms with E-state index in [1.165, 1.54) is 6.92 Å². The number of hydrogen-bond donors (Lipinski definition) is 2. The Balaban J connectivity index is 1.40. The van der Waals surface area contributed by atoms with Crippen LogP contribution in [0.15, 0.2) is 24.4 Å². The Labute approximate surface area is 165 Å². The van der Waals surface area contributed by atoms with E-state index in [9.17, 15) is 14.7 Å². The highest BCUT2D eigenvalue weighted by atomic mass is 16.3. The monoisotopic (exact) mass is 387 g/mol. The molecule has 8 heteroatoms. The van der Waals surface area contributed by atoms with Gasteiger partial charge in [-0.3, -0.25) is 24.4 Å². The Morgan fingerprint density at radius 2 is 2.11 bits per heavy atom. The molecular weight excluding hydrogens is 358 g/mol. The summed E-state index contributed by atoms with van der Waals surface area (Å²) in [5.74, 6) is -0.0329. The zero-order valence-electron chi connectivity index (χ0n) is 16.4. The molecule has 0 saturated carbocycles. The first kappa shape index (κ1) is 19.3. The number of fused-ring (bicyclic) bond motifs is 2. The van der Waals surface area contributed by atoms with Crippen LogP contribution in [0.2, 0.25) is 0 Å². The van der Waals surface area contributed by atoms with Crippen LogP contribution in [0.25, 0.3) is 0 Å². The lowest BCUT2D eigenvalue weighted by molar-refractivity contribution is -0.151. The van der Waals surface area contributed by atoms with Crippen molar-refractivity contribution in [3.05, 3.63) is 30.1 Å². The molecule has 0 unspecified atom stereocenters. The topological polar surface area (TPSA) is 89.0 Å². The van der Waals surface area contributed by atoms with Crippen molar-refractivity contribution in [2.75, 3.05) is 39.3 Å². The normalized spacial score (nSPS) is 26.7. The number of aromatic nitrogens is 1. The van der Waals surface area contributed by atoms with Gasteiger partial charge in [-0.1, -0.05) is 6.07 Å². The van der Waals surface area contributed by atoms with E-state index < -0.39 is 0 Å². The van der Waals surface area contributed by atoms with Gasteiger partial charge in [0, 0.05) is 71.4 Å². The van der Waals surface area contributed by atoms with Crippen LogP contribution >= 0.6 is 0 Å². The lowest BCUT2D eigenvalue weighted by Crippen LogP contribution is -2.78. The summed E-state index contributed by atoms with van der Waals surface area (Å²) in [5, 5.41) is 12.9. The fourth-order valence-corrected chi connectivity index (χ4v) is 5.00. The van der Waals surface area contributed by atoms with Crippen molar-refractivity contribution in [2.45, 2.75) is 44.0 Å². The van der Waals surface area contributed by atoms with Gasteiger partial charge in [0.2, 0.25) is 11.8 Å². The van der Waals surface area contributed by atoms with Crippen molar-refractivity contribution in [3.8, 4) is 0 Å². The number of carbonyl (C=O) groups excluding carboxylic acids is 2. The van der Waals surface area contributed by atoms with Crippen molar-refractivity contribution in [1.82, 2.24) is 25.0 Å². The van der Waals surface area contributed by atoms with Gasteiger partial charge < -0.3 is 15.3 Å². The van der Waals surface area contributed by atoms with Gasteiger partial charge >= 0.3 is 0 Å². The summed E-state index contributed by atoms with van der Waals surface area (Å²) >= 11 is 0. The molecule has 3 fully saturated rings. The van der Waals surface area contributed by atoms with Crippen molar-refractivity contribution < 1.29 is 14.7 Å². The maximum Gasteiger partial charge on any atom is 0.224 e. The van der Waals surface area contributed by atoms with Crippen LogP contribution in [0.5, 0.6) is 0 Å². The Kier molecular flexibility index (Phi) is 5.35. The number of pyridine rings is 1. The molecule has 152 valence electrons. The van der Waals surface area contributed by atoms with Crippen LogP contribution in [-0.4, -0.2) is 93.6 Å². The van der Waals surface area contributed by atoms with Gasteiger partial charge in [0.05, 0.1) is 17.3 Å². The van der Waals surface area contributed by atoms with Crippen LogP contribution in [0.1, 0.15) is 25.5 Å². The van der Waals surface area contributed by atoms with E-state index in [2.05, 4.69) is 20.1 Å². The second-order valence-corrected chi connectivity index (χ2v) is 8.39. The molecule has 1 spiro atoms. The van der Waals surface area contributed by atoms with Crippen LogP contribution in [0, 0.1) is 0 Å². The molecule has 1 aromatic rings. The van der Waals surface area contributed by atoms with Crippen LogP contribution in [0.4, 0.5) is 0 Å². The number of piperazine rings is 1. The molecule has 2 atom stereocenters. The number of nitrogens with one attached hydrogen (secondary N) is 1. The summed E-state index contributed by atoms with van der Waals surface area (Å²) in [5.41, 5.74) is 0.966. The van der Waals surface area contributed by atoms with E-state index in [1.807, 2.05) is 29.3 Å². The summed E-state index contributed by atoms with van der Waals surface area (Å²) in [6.07, 6.45) is 2.54. The van der Waals surface area contributed by atoms with E-state index in [0.29, 0.717) is 32.6 Å². The number of β-amino-alcohol motifs (C(OH)–C–C–N with tert-alkyl or cyclic N) is 1. The predicted molar refractivity (Wildman–Crippen MR) is 103 cm³/mol. The third kappa shape index (κ3) is 3.90. The van der Waals surface area contributed by atoms with E-state index in [0.717, 1.165) is 31.7 Å². The number of likely N-dealkylation sites (tertiary alicyclic amines) is 1. The fourth-order valence-electron chi connectivity index (χ4n) is 5.00. The average Bonchev–Trinajstić information content (AvgIpc) is 3.01. The second-order valence-electron chi connectivity index (χ2n) is 8.39. The van der Waals surface area contributed by atoms with Gasteiger partial charge in [-0.05, 0) is 18.6 Å². The minimum absolute atomic E-state index is 0.0809. The van der Waals surface area contributed by atoms with E-state index in [-0.39, 0.29) is 29.5 Å². The first-order valence-electron chi connectivity index (χ1n) is 10.0. The molecule has 8 nitrogen and oxygen atoms in total. The largest absolute Gasteiger partial charge is 0.392 e. The fraction of sp³-hybridized carbons (Fsp3) is 0.650. The van der Waals surface area contributed by atoms with Gasteiger partial charge in [-0.2, -0.15) is 0 Å². The zero-order chi connectivity index (χ0) is 19.7. The Bertz CT molecular complexity index is 722. The number of amides is 2. The number of aliphatic hydroxyl groups excluding tert-OH is 1. The van der Waals surface area contributed by atoms with Gasteiger partial charge in [-0.25, -0.2) is 0 Å². The smallest absolute Gasteiger partial charge is 0.224 e. The first-order valence-corrected chi connectivity index (χ1v) is 10.0. The molecule has 3 aliphatic rings. The van der Waals surface area contributed by atoms with Crippen LogP contribution in [0.3, 0.4) is 0 Å². The maximum atomic E-state index is 12.7. The third-order valence-electron chi connectivity index (χ3n) is 6.13. The van der Waals surface area contributed by atoms with Gasteiger partial charge in [-0.15, -0.1) is 0 Å². The molecule has 2 N–H and O–H groups in total. The number of carbonyl (C=O) groups is 2. The first-order chi connectivity index (χ1) is 13.4. The van der Waals surface area contributed by atoms with Crippen LogP contribution < -0.4 is 5.32 Å². The summed E-state index contributed by atoms with van der Waals surface area (Å²) in [6, 6.07) is 6.17. The van der Waals surface area contributed by atoms with E-state index in [1.54, 1.807) is 0 Å². The molecule has 0 radical (unpaired) electrons. The zero-order valence-corrected chi connectivity index (χ0v) is 16.4. The SMILES string of the molecule is CC(=O)NCCC(=O)N1C[C@H]2C[C@@H](O)CN2C2(CN(Cc3ccccn3)C2)C1. The Morgan fingerprint density at radius 1 is 1.29 bits per heavy atom. The highest BCUT2D eigenvalue weighted by Gasteiger charge is 2.56. The van der Waals surface area contributed by atoms with Gasteiger partial charge in [0.1, 0.15) is 0 Å². The molecule has 0 bridgehead atoms. The van der Waals surface area contributed by atoms with Crippen molar-refractivity contribution in [1.29, 1.82) is 0 Å². The molecule has 2 amide bonds. The minimum atomic E-state index is -0.318. The molecule has 28 heavy (non-hydrogen) atoms. The molecule has 4 rings (SSSR count). The summed E-state index contributed by atoms with van der Waals surface area (Å²) in [6.45, 7) is 6.44. The Morgan fingerprint density at radius 3 is 2.82 bits per heavy atom. The van der Waals surface area contributed by atoms with Gasteiger partial charge in [0.25, 0.3) is 0 Å². The third-order valence-corrected chi connectivity index (χ3v) is 6.13. The predicted octanol–water partition coefficient (Wildman–Crippen LogP) is -0.560. The second kappa shape index (κ2) is 7.77. The summed E-state index contributed by atoms with van der Waals surface area (Å²) in [4.78, 5) is 34.9. The standard InChI is InChI=1S/C20H29N5O3/c1-15(26)21-7-5-19(28)24-10-17-8-18(27)11-25(17)20(14-24)12-23(13-20)9-16-4-2-3-6-22-16/h2-4,6,17-18,27H,5,7-14H2,1H3,(H,21,26)/t17-,18-/m1/s1. The highest BCUT2D eigenvalue weighted by Crippen LogP contribution is 2.39. The molecule has 0 aliphatic carbocycles. The lowest BCUT2D eigenvalue weighted by Gasteiger charge is -2.61. The quantitative estimate of drug-likeness (QED) is 0.704. The molecule has 1 aromatic heterocycles. The average molecular weight is 387 g/mol. The number of rotatable bonds is 5.